The first-order valence-electron chi connectivity index (χ1n) is 6.45. The van der Waals surface area contributed by atoms with Crippen molar-refractivity contribution >= 4 is 17.3 Å². The Morgan fingerprint density at radius 3 is 2.68 bits per heavy atom. The summed E-state index contributed by atoms with van der Waals surface area (Å²) in [6.45, 7) is 4.15. The number of hydrogen-bond donors (Lipinski definition) is 2. The van der Waals surface area contributed by atoms with Crippen LogP contribution in [-0.4, -0.2) is 5.96 Å². The molecule has 0 heterocycles. The van der Waals surface area contributed by atoms with Crippen molar-refractivity contribution < 1.29 is 0 Å². The van der Waals surface area contributed by atoms with E-state index >= 15 is 0 Å². The van der Waals surface area contributed by atoms with E-state index in [0.717, 1.165) is 23.4 Å². The number of nitrogens with zero attached hydrogens (tertiary/aromatic N) is 1. The molecule has 3 heteroatoms. The number of anilines is 1. The van der Waals surface area contributed by atoms with Crippen molar-refractivity contribution in [2.75, 3.05) is 5.32 Å². The third-order valence-electron chi connectivity index (χ3n) is 2.96. The molecule has 0 saturated heterocycles. The van der Waals surface area contributed by atoms with Gasteiger partial charge >= 0.3 is 0 Å². The van der Waals surface area contributed by atoms with Gasteiger partial charge in [0.25, 0.3) is 0 Å². The van der Waals surface area contributed by atoms with Gasteiger partial charge in [0.15, 0.2) is 5.96 Å². The van der Waals surface area contributed by atoms with Crippen LogP contribution in [0.4, 0.5) is 11.4 Å². The molecule has 19 heavy (non-hydrogen) atoms. The van der Waals surface area contributed by atoms with Crippen molar-refractivity contribution in [3.8, 4) is 0 Å². The second kappa shape index (κ2) is 6.05. The maximum Gasteiger partial charge on any atom is 0.198 e. The Morgan fingerprint density at radius 2 is 1.95 bits per heavy atom. The molecule has 2 rings (SSSR count). The van der Waals surface area contributed by atoms with Crippen LogP contribution in [0, 0.1) is 6.92 Å². The minimum absolute atomic E-state index is 0.405. The highest BCUT2D eigenvalue weighted by atomic mass is 15.1. The van der Waals surface area contributed by atoms with E-state index in [-0.39, 0.29) is 0 Å². The minimum atomic E-state index is 0.405. The van der Waals surface area contributed by atoms with Crippen LogP contribution >= 0.6 is 0 Å². The Morgan fingerprint density at radius 1 is 1.16 bits per heavy atom. The average molecular weight is 253 g/mol. The fraction of sp³-hybridized carbons (Fsp3) is 0.188. The number of nitrogens with two attached hydrogens (primary N) is 1. The molecule has 3 nitrogen and oxygen atoms in total. The van der Waals surface area contributed by atoms with Gasteiger partial charge in [-0.2, -0.15) is 0 Å². The van der Waals surface area contributed by atoms with E-state index in [1.807, 2.05) is 43.3 Å². The fourth-order valence-electron chi connectivity index (χ4n) is 1.86. The van der Waals surface area contributed by atoms with E-state index in [2.05, 4.69) is 29.4 Å². The summed E-state index contributed by atoms with van der Waals surface area (Å²) >= 11 is 0. The molecule has 0 amide bonds. The van der Waals surface area contributed by atoms with Crippen molar-refractivity contribution in [3.05, 3.63) is 59.7 Å². The first kappa shape index (κ1) is 13.1. The van der Waals surface area contributed by atoms with Crippen LogP contribution in [0.15, 0.2) is 53.5 Å². The highest BCUT2D eigenvalue weighted by molar-refractivity contribution is 5.94. The summed E-state index contributed by atoms with van der Waals surface area (Å²) in [6, 6.07) is 16.1. The quantitative estimate of drug-likeness (QED) is 0.648. The van der Waals surface area contributed by atoms with Crippen LogP contribution in [0.5, 0.6) is 0 Å². The molecule has 0 unspecified atom stereocenters. The molecule has 0 radical (unpaired) electrons. The largest absolute Gasteiger partial charge is 0.369 e. The number of aliphatic imine (C=N–C) groups is 1. The predicted octanol–water partition coefficient (Wildman–Crippen LogP) is 3.62. The molecule has 0 aliphatic heterocycles. The fourth-order valence-corrected chi connectivity index (χ4v) is 1.86. The highest BCUT2D eigenvalue weighted by Gasteiger charge is 1.99. The zero-order chi connectivity index (χ0) is 13.7. The summed E-state index contributed by atoms with van der Waals surface area (Å²) < 4.78 is 0. The maximum absolute atomic E-state index is 5.94. The van der Waals surface area contributed by atoms with E-state index in [4.69, 9.17) is 5.73 Å². The van der Waals surface area contributed by atoms with E-state index in [0.29, 0.717) is 5.96 Å². The number of hydrogen-bond acceptors (Lipinski definition) is 1. The van der Waals surface area contributed by atoms with Gasteiger partial charge in [0.2, 0.25) is 0 Å². The lowest BCUT2D eigenvalue weighted by molar-refractivity contribution is 1.14. The van der Waals surface area contributed by atoms with Gasteiger partial charge in [-0.3, -0.25) is 0 Å². The third kappa shape index (κ3) is 3.58. The summed E-state index contributed by atoms with van der Waals surface area (Å²) in [7, 11) is 0. The van der Waals surface area contributed by atoms with E-state index in [1.54, 1.807) is 0 Å². The molecule has 0 atom stereocenters. The van der Waals surface area contributed by atoms with Gasteiger partial charge in [-0.05, 0) is 42.7 Å². The lowest BCUT2D eigenvalue weighted by atomic mass is 10.1. The molecule has 2 aromatic rings. The summed E-state index contributed by atoms with van der Waals surface area (Å²) in [5, 5.41) is 3.12. The van der Waals surface area contributed by atoms with Crippen molar-refractivity contribution in [3.63, 3.8) is 0 Å². The van der Waals surface area contributed by atoms with Gasteiger partial charge in [0.1, 0.15) is 0 Å². The van der Waals surface area contributed by atoms with E-state index < -0.39 is 0 Å². The molecule has 3 N–H and O–H groups in total. The van der Waals surface area contributed by atoms with Crippen molar-refractivity contribution in [2.24, 2.45) is 10.7 Å². The zero-order valence-electron chi connectivity index (χ0n) is 11.4. The zero-order valence-corrected chi connectivity index (χ0v) is 11.4. The number of nitrogens with one attached hydrogen (secondary N) is 1. The number of benzene rings is 2. The number of aryl methyl sites for hydroxylation is 2. The predicted molar refractivity (Wildman–Crippen MR) is 81.9 cm³/mol. The van der Waals surface area contributed by atoms with Gasteiger partial charge in [-0.1, -0.05) is 37.3 Å². The first-order valence-corrected chi connectivity index (χ1v) is 6.45. The standard InChI is InChI=1S/C16H19N3/c1-3-13-8-6-9-14(11-13)18-16(17)19-15-10-5-4-7-12(15)2/h4-11H,3H2,1-2H3,(H3,17,18,19). The smallest absolute Gasteiger partial charge is 0.198 e. The van der Waals surface area contributed by atoms with Crippen LogP contribution in [0.1, 0.15) is 18.1 Å². The van der Waals surface area contributed by atoms with Crippen LogP contribution in [0.3, 0.4) is 0 Å². The van der Waals surface area contributed by atoms with Gasteiger partial charge < -0.3 is 11.1 Å². The SMILES string of the molecule is CCc1cccc(NC(N)=Nc2ccccc2C)c1. The van der Waals surface area contributed by atoms with Gasteiger partial charge in [0.05, 0.1) is 5.69 Å². The number of rotatable bonds is 3. The molecule has 0 fully saturated rings. The second-order valence-electron chi connectivity index (χ2n) is 4.46. The average Bonchev–Trinajstić information content (AvgIpc) is 2.41. The molecular weight excluding hydrogens is 234 g/mol. The Labute approximate surface area is 114 Å². The van der Waals surface area contributed by atoms with E-state index in [1.165, 1.54) is 5.56 Å². The Hall–Kier alpha value is -2.29. The number of guanidine groups is 1. The molecule has 0 aliphatic rings. The van der Waals surface area contributed by atoms with Crippen LogP contribution in [-0.2, 0) is 6.42 Å². The van der Waals surface area contributed by atoms with Gasteiger partial charge in [-0.15, -0.1) is 0 Å². The van der Waals surface area contributed by atoms with Crippen molar-refractivity contribution in [1.82, 2.24) is 0 Å². The highest BCUT2D eigenvalue weighted by Crippen LogP contribution is 2.17. The van der Waals surface area contributed by atoms with Crippen LogP contribution < -0.4 is 11.1 Å². The maximum atomic E-state index is 5.94. The molecule has 0 aliphatic carbocycles. The third-order valence-corrected chi connectivity index (χ3v) is 2.96. The first-order chi connectivity index (χ1) is 9.19. The molecule has 0 saturated carbocycles. The summed E-state index contributed by atoms with van der Waals surface area (Å²) in [6.07, 6.45) is 1.00. The molecule has 98 valence electrons. The van der Waals surface area contributed by atoms with Crippen LogP contribution in [0.2, 0.25) is 0 Å². The molecule has 0 bridgehead atoms. The summed E-state index contributed by atoms with van der Waals surface area (Å²) in [5.74, 6) is 0.405. The minimum Gasteiger partial charge on any atom is -0.369 e. The monoisotopic (exact) mass is 253 g/mol. The van der Waals surface area contributed by atoms with Gasteiger partial charge in [-0.25, -0.2) is 4.99 Å². The topological polar surface area (TPSA) is 50.4 Å². The number of para-hydroxylation sites is 1. The summed E-state index contributed by atoms with van der Waals surface area (Å²) in [4.78, 5) is 4.39. The van der Waals surface area contributed by atoms with E-state index in [9.17, 15) is 0 Å². The molecule has 2 aromatic carbocycles. The lowest BCUT2D eigenvalue weighted by Gasteiger charge is -2.07. The van der Waals surface area contributed by atoms with Crippen molar-refractivity contribution in [2.45, 2.75) is 20.3 Å². The second-order valence-corrected chi connectivity index (χ2v) is 4.46. The molecule has 0 aromatic heterocycles. The Balaban J connectivity index is 2.16. The van der Waals surface area contributed by atoms with Crippen molar-refractivity contribution in [1.29, 1.82) is 0 Å². The Bertz CT molecular complexity index is 588. The molecule has 0 spiro atoms. The Kier molecular flexibility index (Phi) is 4.18. The van der Waals surface area contributed by atoms with Gasteiger partial charge in [0, 0.05) is 5.69 Å². The lowest BCUT2D eigenvalue weighted by Crippen LogP contribution is -2.22. The van der Waals surface area contributed by atoms with Crippen LogP contribution in [0.25, 0.3) is 0 Å². The summed E-state index contributed by atoms with van der Waals surface area (Å²) in [5.41, 5.74) is 10.2. The normalized spacial score (nSPS) is 11.4. The molecular formula is C16H19N3.